The van der Waals surface area contributed by atoms with Crippen LogP contribution in [0.4, 0.5) is 0 Å². The van der Waals surface area contributed by atoms with Gasteiger partial charge in [-0.05, 0) is 42.0 Å². The summed E-state index contributed by atoms with van der Waals surface area (Å²) >= 11 is 5.91. The van der Waals surface area contributed by atoms with E-state index in [9.17, 15) is 14.7 Å². The van der Waals surface area contributed by atoms with Crippen molar-refractivity contribution in [3.63, 3.8) is 0 Å². The zero-order valence-corrected chi connectivity index (χ0v) is 15.5. The van der Waals surface area contributed by atoms with Gasteiger partial charge in [0.1, 0.15) is 17.6 Å². The second kappa shape index (κ2) is 7.37. The lowest BCUT2D eigenvalue weighted by Crippen LogP contribution is -2.29. The van der Waals surface area contributed by atoms with Gasteiger partial charge >= 0.3 is 0 Å². The third-order valence-electron chi connectivity index (χ3n) is 4.67. The molecular weight excluding hydrogens is 378 g/mol. The number of nitrogens with zero attached hydrogens (tertiary/aromatic N) is 1. The number of hydrogen-bond acceptors (Lipinski definition) is 4. The van der Waals surface area contributed by atoms with Crippen LogP contribution in [0.2, 0.25) is 5.02 Å². The molecule has 5 nitrogen and oxygen atoms in total. The first-order valence-electron chi connectivity index (χ1n) is 8.68. The van der Waals surface area contributed by atoms with Crippen LogP contribution < -0.4 is 0 Å². The predicted molar refractivity (Wildman–Crippen MR) is 104 cm³/mol. The Morgan fingerprint density at radius 1 is 1.00 bits per heavy atom. The van der Waals surface area contributed by atoms with Crippen molar-refractivity contribution >= 4 is 29.1 Å². The van der Waals surface area contributed by atoms with Crippen LogP contribution in [0.25, 0.3) is 5.76 Å². The minimum Gasteiger partial charge on any atom is -0.507 e. The first-order chi connectivity index (χ1) is 13.6. The normalized spacial score (nSPS) is 18.6. The fraction of sp³-hybridized carbons (Fsp3) is 0.0909. The molecule has 1 aliphatic heterocycles. The van der Waals surface area contributed by atoms with Gasteiger partial charge in [-0.15, -0.1) is 0 Å². The Labute approximate surface area is 166 Å². The van der Waals surface area contributed by atoms with Crippen LogP contribution in [0, 0.1) is 0 Å². The summed E-state index contributed by atoms with van der Waals surface area (Å²) in [7, 11) is 0. The quantitative estimate of drug-likeness (QED) is 0.401. The van der Waals surface area contributed by atoms with E-state index in [-0.39, 0.29) is 17.9 Å². The van der Waals surface area contributed by atoms with Gasteiger partial charge < -0.3 is 14.4 Å². The van der Waals surface area contributed by atoms with Gasteiger partial charge in [-0.2, -0.15) is 0 Å². The molecule has 3 aromatic rings. The Balaban J connectivity index is 1.83. The molecule has 1 aliphatic rings. The highest BCUT2D eigenvalue weighted by atomic mass is 35.5. The molecule has 1 saturated heterocycles. The van der Waals surface area contributed by atoms with E-state index in [1.165, 1.54) is 11.2 Å². The van der Waals surface area contributed by atoms with Crippen LogP contribution in [0.15, 0.2) is 83.0 Å². The van der Waals surface area contributed by atoms with Gasteiger partial charge in [-0.25, -0.2) is 0 Å². The molecule has 0 bridgehead atoms. The van der Waals surface area contributed by atoms with Crippen molar-refractivity contribution in [1.82, 2.24) is 4.90 Å². The number of Topliss-reactive ketones (excluding diaryl/α,β-unsaturated/α-hetero) is 1. The number of aliphatic hydroxyl groups excluding tert-OH is 1. The van der Waals surface area contributed by atoms with Crippen molar-refractivity contribution < 1.29 is 19.1 Å². The molecule has 4 rings (SSSR count). The first-order valence-corrected chi connectivity index (χ1v) is 9.05. The summed E-state index contributed by atoms with van der Waals surface area (Å²) in [5.41, 5.74) is 1.27. The lowest BCUT2D eigenvalue weighted by molar-refractivity contribution is -0.140. The molecule has 0 spiro atoms. The van der Waals surface area contributed by atoms with Crippen LogP contribution in [0.1, 0.15) is 22.9 Å². The Hall–Kier alpha value is -3.31. The maximum Gasteiger partial charge on any atom is 0.296 e. The highest BCUT2D eigenvalue weighted by molar-refractivity contribution is 6.46. The Kier molecular flexibility index (Phi) is 4.75. The van der Waals surface area contributed by atoms with Crippen molar-refractivity contribution in [2.45, 2.75) is 12.6 Å². The average Bonchev–Trinajstić information content (AvgIpc) is 3.32. The molecule has 1 N–H and O–H groups in total. The number of rotatable bonds is 4. The van der Waals surface area contributed by atoms with Gasteiger partial charge in [-0.3, -0.25) is 9.59 Å². The summed E-state index contributed by atoms with van der Waals surface area (Å²) in [4.78, 5) is 27.0. The van der Waals surface area contributed by atoms with Crippen molar-refractivity contribution in [3.05, 3.63) is 100 Å². The number of aliphatic hydroxyl groups is 1. The minimum atomic E-state index is -0.814. The van der Waals surface area contributed by atoms with Gasteiger partial charge in [-0.1, -0.05) is 41.9 Å². The van der Waals surface area contributed by atoms with Crippen molar-refractivity contribution in [3.8, 4) is 0 Å². The van der Waals surface area contributed by atoms with E-state index in [1.807, 2.05) is 30.3 Å². The number of ketones is 1. The lowest BCUT2D eigenvalue weighted by atomic mass is 9.99. The van der Waals surface area contributed by atoms with E-state index >= 15 is 0 Å². The highest BCUT2D eigenvalue weighted by Gasteiger charge is 2.47. The fourth-order valence-corrected chi connectivity index (χ4v) is 3.46. The van der Waals surface area contributed by atoms with Gasteiger partial charge in [0.2, 0.25) is 0 Å². The molecule has 6 heteroatoms. The SMILES string of the molecule is O=C1C(=O)N(Cc2ccccc2)C(c2ccco2)/C1=C(/O)c1ccc(Cl)cc1. The zero-order chi connectivity index (χ0) is 19.7. The largest absolute Gasteiger partial charge is 0.507 e. The number of hydrogen-bond donors (Lipinski definition) is 1. The second-order valence-electron chi connectivity index (χ2n) is 6.43. The van der Waals surface area contributed by atoms with E-state index in [1.54, 1.807) is 36.4 Å². The third-order valence-corrected chi connectivity index (χ3v) is 4.92. The Morgan fingerprint density at radius 3 is 2.36 bits per heavy atom. The van der Waals surface area contributed by atoms with Gasteiger partial charge in [0.15, 0.2) is 0 Å². The summed E-state index contributed by atoms with van der Waals surface area (Å²) in [5.74, 6) is -1.27. The zero-order valence-electron chi connectivity index (χ0n) is 14.7. The van der Waals surface area contributed by atoms with E-state index in [0.29, 0.717) is 16.3 Å². The molecule has 0 aliphatic carbocycles. The second-order valence-corrected chi connectivity index (χ2v) is 6.87. The van der Waals surface area contributed by atoms with Crippen LogP contribution in [-0.2, 0) is 16.1 Å². The molecule has 1 fully saturated rings. The molecule has 0 radical (unpaired) electrons. The Morgan fingerprint density at radius 2 is 1.71 bits per heavy atom. The lowest BCUT2D eigenvalue weighted by Gasteiger charge is -2.23. The summed E-state index contributed by atoms with van der Waals surface area (Å²) in [5, 5.41) is 11.4. The molecule has 1 unspecified atom stereocenters. The van der Waals surface area contributed by atoms with Crippen LogP contribution >= 0.6 is 11.6 Å². The van der Waals surface area contributed by atoms with Gasteiger partial charge in [0, 0.05) is 17.1 Å². The predicted octanol–water partition coefficient (Wildman–Crippen LogP) is 4.55. The number of benzene rings is 2. The van der Waals surface area contributed by atoms with Crippen LogP contribution in [0.5, 0.6) is 0 Å². The molecule has 0 saturated carbocycles. The topological polar surface area (TPSA) is 70.8 Å². The van der Waals surface area contributed by atoms with Crippen molar-refractivity contribution in [1.29, 1.82) is 0 Å². The number of amides is 1. The molecule has 1 amide bonds. The maximum atomic E-state index is 12.8. The molecule has 2 heterocycles. The Bertz CT molecular complexity index is 1040. The average molecular weight is 394 g/mol. The van der Waals surface area contributed by atoms with Crippen molar-refractivity contribution in [2.24, 2.45) is 0 Å². The van der Waals surface area contributed by atoms with Gasteiger partial charge in [0.25, 0.3) is 11.7 Å². The number of carbonyl (C=O) groups excluding carboxylic acids is 2. The van der Waals surface area contributed by atoms with Crippen LogP contribution in [0.3, 0.4) is 0 Å². The number of likely N-dealkylation sites (tertiary alicyclic amines) is 1. The standard InChI is InChI=1S/C22H16ClNO4/c23-16-10-8-15(9-11-16)20(25)18-19(17-7-4-12-28-17)24(22(27)21(18)26)13-14-5-2-1-3-6-14/h1-12,19,25H,13H2/b20-18-. The number of furan rings is 1. The third kappa shape index (κ3) is 3.21. The minimum absolute atomic E-state index is 0.00166. The van der Waals surface area contributed by atoms with Gasteiger partial charge in [0.05, 0.1) is 11.8 Å². The summed E-state index contributed by atoms with van der Waals surface area (Å²) in [6.45, 7) is 0.216. The van der Waals surface area contributed by atoms with E-state index in [2.05, 4.69) is 0 Å². The molecule has 1 atom stereocenters. The van der Waals surface area contributed by atoms with Crippen LogP contribution in [-0.4, -0.2) is 21.7 Å². The monoisotopic (exact) mass is 393 g/mol. The van der Waals surface area contributed by atoms with E-state index in [0.717, 1.165) is 5.56 Å². The smallest absolute Gasteiger partial charge is 0.296 e. The van der Waals surface area contributed by atoms with Crippen molar-refractivity contribution in [2.75, 3.05) is 0 Å². The van der Waals surface area contributed by atoms with E-state index < -0.39 is 17.7 Å². The number of carbonyl (C=O) groups is 2. The first kappa shape index (κ1) is 18.1. The molecule has 2 aromatic carbocycles. The summed E-state index contributed by atoms with van der Waals surface area (Å²) < 4.78 is 5.50. The summed E-state index contributed by atoms with van der Waals surface area (Å²) in [6.07, 6.45) is 1.47. The molecular formula is C22H16ClNO4. The summed E-state index contributed by atoms with van der Waals surface area (Å²) in [6, 6.07) is 18.3. The highest BCUT2D eigenvalue weighted by Crippen LogP contribution is 2.40. The fourth-order valence-electron chi connectivity index (χ4n) is 3.33. The van der Waals surface area contributed by atoms with E-state index in [4.69, 9.17) is 16.0 Å². The number of halogens is 1. The molecule has 140 valence electrons. The molecule has 28 heavy (non-hydrogen) atoms. The molecule has 1 aromatic heterocycles. The maximum absolute atomic E-state index is 12.8.